The Morgan fingerprint density at radius 3 is 2.62 bits per heavy atom. The van der Waals surface area contributed by atoms with Crippen molar-refractivity contribution in [1.29, 1.82) is 0 Å². The molecule has 0 aliphatic heterocycles. The van der Waals surface area contributed by atoms with Crippen LogP contribution in [-0.4, -0.2) is 18.2 Å². The van der Waals surface area contributed by atoms with E-state index in [0.717, 1.165) is 0 Å². The van der Waals surface area contributed by atoms with Crippen molar-refractivity contribution in [1.82, 2.24) is 9.78 Å². The first-order valence-corrected chi connectivity index (χ1v) is 8.19. The summed E-state index contributed by atoms with van der Waals surface area (Å²) in [5, 5.41) is 4.36. The molecule has 6 nitrogen and oxygen atoms in total. The molecule has 0 fully saturated rings. The van der Waals surface area contributed by atoms with Gasteiger partial charge in [0.2, 0.25) is 0 Å². The minimum atomic E-state index is -3.77. The van der Waals surface area contributed by atoms with E-state index in [1.54, 1.807) is 17.8 Å². The molecule has 0 bridgehead atoms. The van der Waals surface area contributed by atoms with Crippen LogP contribution in [0.2, 0.25) is 5.02 Å². The second-order valence-electron chi connectivity index (χ2n) is 5.03. The van der Waals surface area contributed by atoms with Crippen LogP contribution in [0, 0.1) is 6.92 Å². The van der Waals surface area contributed by atoms with E-state index in [2.05, 4.69) is 9.82 Å². The van der Waals surface area contributed by atoms with E-state index in [4.69, 9.17) is 17.3 Å². The van der Waals surface area contributed by atoms with E-state index in [9.17, 15) is 8.42 Å². The van der Waals surface area contributed by atoms with Crippen LogP contribution < -0.4 is 10.5 Å². The number of benzene rings is 1. The minimum Gasteiger partial charge on any atom is -0.398 e. The maximum atomic E-state index is 12.4. The van der Waals surface area contributed by atoms with Crippen molar-refractivity contribution in [2.75, 3.05) is 10.5 Å². The van der Waals surface area contributed by atoms with Gasteiger partial charge in [0.05, 0.1) is 16.8 Å². The molecule has 0 unspecified atom stereocenters. The van der Waals surface area contributed by atoms with Crippen molar-refractivity contribution in [2.24, 2.45) is 0 Å². The summed E-state index contributed by atoms with van der Waals surface area (Å²) in [5.41, 5.74) is 6.95. The summed E-state index contributed by atoms with van der Waals surface area (Å²) in [6.07, 6.45) is 3.09. The van der Waals surface area contributed by atoms with Crippen molar-refractivity contribution in [3.8, 4) is 0 Å². The molecule has 3 N–H and O–H groups in total. The van der Waals surface area contributed by atoms with Crippen LogP contribution in [0.5, 0.6) is 0 Å². The molecule has 0 amide bonds. The molecule has 2 aromatic rings. The quantitative estimate of drug-likeness (QED) is 0.844. The normalized spacial score (nSPS) is 11.9. The highest BCUT2D eigenvalue weighted by Crippen LogP contribution is 2.27. The fourth-order valence-electron chi connectivity index (χ4n) is 1.84. The lowest BCUT2D eigenvalue weighted by Crippen LogP contribution is -2.14. The van der Waals surface area contributed by atoms with Crippen LogP contribution in [0.25, 0.3) is 0 Å². The monoisotopic (exact) mass is 328 g/mol. The van der Waals surface area contributed by atoms with Crippen LogP contribution >= 0.6 is 11.6 Å². The molecule has 1 aromatic heterocycles. The van der Waals surface area contributed by atoms with Gasteiger partial charge < -0.3 is 5.73 Å². The number of hydrogen-bond donors (Lipinski definition) is 2. The van der Waals surface area contributed by atoms with Gasteiger partial charge in [-0.1, -0.05) is 11.6 Å². The minimum absolute atomic E-state index is 0.0600. The van der Waals surface area contributed by atoms with Crippen LogP contribution in [0.1, 0.15) is 25.5 Å². The number of nitrogens with two attached hydrogens (primary N) is 1. The molecule has 0 atom stereocenters. The van der Waals surface area contributed by atoms with Crippen molar-refractivity contribution >= 4 is 33.0 Å². The zero-order valence-electron chi connectivity index (χ0n) is 12.0. The predicted octanol–water partition coefficient (Wildman–Crippen LogP) is 2.81. The van der Waals surface area contributed by atoms with E-state index < -0.39 is 10.0 Å². The van der Waals surface area contributed by atoms with Crippen molar-refractivity contribution in [3.05, 3.63) is 35.1 Å². The summed E-state index contributed by atoms with van der Waals surface area (Å²) >= 11 is 5.89. The van der Waals surface area contributed by atoms with E-state index in [1.165, 1.54) is 18.3 Å². The number of halogens is 1. The molecular weight excluding hydrogens is 312 g/mol. The number of nitrogens with zero attached hydrogens (tertiary/aromatic N) is 2. The van der Waals surface area contributed by atoms with E-state index in [-0.39, 0.29) is 16.0 Å². The molecule has 0 spiro atoms. The Kier molecular flexibility index (Phi) is 4.15. The highest BCUT2D eigenvalue weighted by Gasteiger charge is 2.20. The number of rotatable bonds is 4. The zero-order valence-corrected chi connectivity index (χ0v) is 13.5. The summed E-state index contributed by atoms with van der Waals surface area (Å²) in [5.74, 6) is 0. The SMILES string of the molecule is Cc1c(N)cc(Cl)cc1S(=O)(=O)Nc1cnn(C(C)C)c1. The van der Waals surface area contributed by atoms with Gasteiger partial charge in [0.1, 0.15) is 0 Å². The van der Waals surface area contributed by atoms with Gasteiger partial charge in [-0.05, 0) is 38.5 Å². The first kappa shape index (κ1) is 15.7. The molecule has 2 rings (SSSR count). The van der Waals surface area contributed by atoms with Crippen LogP contribution in [0.3, 0.4) is 0 Å². The standard InChI is InChI=1S/C13H17ClN4O2S/c1-8(2)18-7-11(6-16-18)17-21(19,20)13-5-10(14)4-12(15)9(13)3/h4-8,17H,15H2,1-3H3. The number of nitrogens with one attached hydrogen (secondary N) is 1. The molecular formula is C13H17ClN4O2S. The Morgan fingerprint density at radius 1 is 1.38 bits per heavy atom. The van der Waals surface area contributed by atoms with Gasteiger partial charge in [0.15, 0.2) is 0 Å². The molecule has 0 radical (unpaired) electrons. The van der Waals surface area contributed by atoms with Crippen molar-refractivity contribution < 1.29 is 8.42 Å². The third-order valence-corrected chi connectivity index (χ3v) is 4.76. The Hall–Kier alpha value is -1.73. The molecule has 8 heteroatoms. The van der Waals surface area contributed by atoms with E-state index in [0.29, 0.717) is 16.9 Å². The topological polar surface area (TPSA) is 90.0 Å². The average Bonchev–Trinajstić information content (AvgIpc) is 2.81. The highest BCUT2D eigenvalue weighted by molar-refractivity contribution is 7.92. The zero-order chi connectivity index (χ0) is 15.8. The summed E-state index contributed by atoms with van der Waals surface area (Å²) in [4.78, 5) is 0.0600. The second kappa shape index (κ2) is 5.57. The Morgan fingerprint density at radius 2 is 2.05 bits per heavy atom. The maximum absolute atomic E-state index is 12.4. The van der Waals surface area contributed by atoms with Crippen LogP contribution in [0.4, 0.5) is 11.4 Å². The number of nitrogen functional groups attached to an aromatic ring is 1. The van der Waals surface area contributed by atoms with Crippen LogP contribution in [0.15, 0.2) is 29.4 Å². The summed E-state index contributed by atoms with van der Waals surface area (Å²) in [6, 6.07) is 3.04. The smallest absolute Gasteiger partial charge is 0.262 e. The second-order valence-corrected chi connectivity index (χ2v) is 7.11. The molecule has 114 valence electrons. The molecule has 1 aromatic carbocycles. The lowest BCUT2D eigenvalue weighted by Gasteiger charge is -2.11. The molecule has 0 saturated heterocycles. The van der Waals surface area contributed by atoms with Gasteiger partial charge in [-0.15, -0.1) is 0 Å². The first-order chi connectivity index (χ1) is 9.70. The first-order valence-electron chi connectivity index (χ1n) is 6.33. The fraction of sp³-hybridized carbons (Fsp3) is 0.308. The van der Waals surface area contributed by atoms with Crippen molar-refractivity contribution in [2.45, 2.75) is 31.7 Å². The largest absolute Gasteiger partial charge is 0.398 e. The lowest BCUT2D eigenvalue weighted by molar-refractivity contribution is 0.532. The van der Waals surface area contributed by atoms with Gasteiger partial charge in [0.25, 0.3) is 10.0 Å². The fourth-order valence-corrected chi connectivity index (χ4v) is 3.46. The third-order valence-electron chi connectivity index (χ3n) is 3.04. The van der Waals surface area contributed by atoms with Crippen molar-refractivity contribution in [3.63, 3.8) is 0 Å². The van der Waals surface area contributed by atoms with Gasteiger partial charge >= 0.3 is 0 Å². The third kappa shape index (κ3) is 3.30. The van der Waals surface area contributed by atoms with Gasteiger partial charge in [-0.2, -0.15) is 5.10 Å². The number of sulfonamides is 1. The number of hydrogen-bond acceptors (Lipinski definition) is 4. The Labute approximate surface area is 129 Å². The van der Waals surface area contributed by atoms with Gasteiger partial charge in [-0.25, -0.2) is 8.42 Å². The number of anilines is 2. The molecule has 1 heterocycles. The Balaban J connectivity index is 2.38. The maximum Gasteiger partial charge on any atom is 0.262 e. The lowest BCUT2D eigenvalue weighted by atomic mass is 10.2. The van der Waals surface area contributed by atoms with Gasteiger partial charge in [0, 0.05) is 22.9 Å². The van der Waals surface area contributed by atoms with E-state index >= 15 is 0 Å². The molecule has 21 heavy (non-hydrogen) atoms. The molecule has 0 saturated carbocycles. The summed E-state index contributed by atoms with van der Waals surface area (Å²) in [7, 11) is -3.77. The number of aromatic nitrogens is 2. The Bertz CT molecular complexity index is 768. The molecule has 0 aliphatic carbocycles. The summed E-state index contributed by atoms with van der Waals surface area (Å²) < 4.78 is 29.0. The van der Waals surface area contributed by atoms with E-state index in [1.807, 2.05) is 13.8 Å². The summed E-state index contributed by atoms with van der Waals surface area (Å²) in [6.45, 7) is 5.54. The van der Waals surface area contributed by atoms with Gasteiger partial charge in [-0.3, -0.25) is 9.40 Å². The molecule has 0 aliphatic rings. The predicted molar refractivity (Wildman–Crippen MR) is 84.0 cm³/mol. The average molecular weight is 329 g/mol. The van der Waals surface area contributed by atoms with Crippen LogP contribution in [-0.2, 0) is 10.0 Å². The highest BCUT2D eigenvalue weighted by atomic mass is 35.5.